The van der Waals surface area contributed by atoms with E-state index in [4.69, 9.17) is 14.2 Å². The normalized spacial score (nSPS) is 19.9. The third-order valence-corrected chi connectivity index (χ3v) is 6.42. The van der Waals surface area contributed by atoms with Crippen LogP contribution in [0.2, 0.25) is 0 Å². The maximum atomic E-state index is 13.2. The molecule has 2 aromatic rings. The lowest BCUT2D eigenvalue weighted by atomic mass is 9.95. The molecule has 2 saturated heterocycles. The van der Waals surface area contributed by atoms with Crippen LogP contribution in [0.1, 0.15) is 23.6 Å². The number of carbonyl (C=O) groups excluding carboxylic acids is 2. The Morgan fingerprint density at radius 3 is 2.56 bits per heavy atom. The van der Waals surface area contributed by atoms with Crippen LogP contribution in [0.15, 0.2) is 66.8 Å². The number of rotatable bonds is 10. The molecule has 0 saturated carbocycles. The van der Waals surface area contributed by atoms with Crippen LogP contribution in [0.4, 0.5) is 0 Å². The number of aliphatic hydroxyl groups is 1. The molecule has 1 N–H and O–H groups in total. The Morgan fingerprint density at radius 2 is 1.86 bits per heavy atom. The molecule has 4 rings (SSSR count). The number of likely N-dealkylation sites (tertiary alicyclic amines) is 1. The Hall–Kier alpha value is -3.62. The van der Waals surface area contributed by atoms with Gasteiger partial charge in [0.2, 0.25) is 0 Å². The molecule has 1 unspecified atom stereocenters. The van der Waals surface area contributed by atoms with Crippen molar-refractivity contribution in [3.63, 3.8) is 0 Å². The first-order valence-electron chi connectivity index (χ1n) is 12.1. The largest absolute Gasteiger partial charge is 0.507 e. The number of ketones is 1. The third-order valence-electron chi connectivity index (χ3n) is 6.42. The van der Waals surface area contributed by atoms with Crippen molar-refractivity contribution in [2.24, 2.45) is 0 Å². The highest BCUT2D eigenvalue weighted by atomic mass is 16.5. The van der Waals surface area contributed by atoms with Crippen molar-refractivity contribution in [1.82, 2.24) is 9.80 Å². The summed E-state index contributed by atoms with van der Waals surface area (Å²) in [6, 6.07) is 13.3. The number of amides is 1. The first-order chi connectivity index (χ1) is 17.5. The standard InChI is InChI=1S/C28H32N2O6/c1-3-16-36-22-10-8-20(9-11-22)25-24(26(31)21-6-4-7-23(19-21)34-2)27(32)28(33)30(25)13-5-12-29-14-17-35-18-15-29/h3-4,6-11,19,25,31H,1,5,12-18H2,2H3. The molecule has 0 spiro atoms. The molecule has 0 aliphatic carbocycles. The Kier molecular flexibility index (Phi) is 8.40. The maximum Gasteiger partial charge on any atom is 0.295 e. The summed E-state index contributed by atoms with van der Waals surface area (Å²) in [6.07, 6.45) is 2.36. The van der Waals surface area contributed by atoms with Crippen molar-refractivity contribution < 1.29 is 28.9 Å². The summed E-state index contributed by atoms with van der Waals surface area (Å²) >= 11 is 0. The van der Waals surface area contributed by atoms with Crippen molar-refractivity contribution >= 4 is 17.4 Å². The predicted molar refractivity (Wildman–Crippen MR) is 136 cm³/mol. The summed E-state index contributed by atoms with van der Waals surface area (Å²) < 4.78 is 16.3. The van der Waals surface area contributed by atoms with Gasteiger partial charge in [-0.05, 0) is 36.2 Å². The number of hydrogen-bond acceptors (Lipinski definition) is 7. The number of benzene rings is 2. The van der Waals surface area contributed by atoms with E-state index in [1.807, 2.05) is 12.1 Å². The SMILES string of the molecule is C=CCOc1ccc(C2C(=C(O)c3cccc(OC)c3)C(=O)C(=O)N2CCCN2CCOCC2)cc1. The molecule has 2 aliphatic heterocycles. The number of carbonyl (C=O) groups is 2. The van der Waals surface area contributed by atoms with Gasteiger partial charge in [-0.15, -0.1) is 0 Å². The molecule has 8 heteroatoms. The quantitative estimate of drug-likeness (QED) is 0.235. The summed E-state index contributed by atoms with van der Waals surface area (Å²) in [6.45, 7) is 8.31. The molecule has 190 valence electrons. The summed E-state index contributed by atoms with van der Waals surface area (Å²) in [5, 5.41) is 11.2. The van der Waals surface area contributed by atoms with Crippen LogP contribution in [-0.2, 0) is 14.3 Å². The number of morpholine rings is 1. The molecule has 36 heavy (non-hydrogen) atoms. The molecule has 2 heterocycles. The molecule has 8 nitrogen and oxygen atoms in total. The van der Waals surface area contributed by atoms with Crippen molar-refractivity contribution in [2.45, 2.75) is 12.5 Å². The maximum absolute atomic E-state index is 13.2. The first kappa shape index (κ1) is 25.5. The molecule has 0 aromatic heterocycles. The van der Waals surface area contributed by atoms with Crippen LogP contribution in [-0.4, -0.2) is 79.7 Å². The minimum absolute atomic E-state index is 0.0689. The zero-order chi connectivity index (χ0) is 25.5. The van der Waals surface area contributed by atoms with E-state index in [0.717, 1.165) is 25.2 Å². The van der Waals surface area contributed by atoms with E-state index in [9.17, 15) is 14.7 Å². The van der Waals surface area contributed by atoms with E-state index in [0.29, 0.717) is 49.8 Å². The van der Waals surface area contributed by atoms with E-state index in [1.54, 1.807) is 47.4 Å². The van der Waals surface area contributed by atoms with Crippen LogP contribution >= 0.6 is 0 Å². The van der Waals surface area contributed by atoms with E-state index in [-0.39, 0.29) is 11.3 Å². The van der Waals surface area contributed by atoms with Crippen molar-refractivity contribution in [3.05, 3.63) is 77.9 Å². The summed E-state index contributed by atoms with van der Waals surface area (Å²) in [4.78, 5) is 30.3. The van der Waals surface area contributed by atoms with Crippen LogP contribution < -0.4 is 9.47 Å². The fourth-order valence-electron chi connectivity index (χ4n) is 4.57. The number of aliphatic hydroxyl groups excluding tert-OH is 1. The van der Waals surface area contributed by atoms with Crippen molar-refractivity contribution in [3.8, 4) is 11.5 Å². The Balaban J connectivity index is 1.67. The number of methoxy groups -OCH3 is 1. The second-order valence-corrected chi connectivity index (χ2v) is 8.70. The second kappa shape index (κ2) is 11.9. The predicted octanol–water partition coefficient (Wildman–Crippen LogP) is 3.40. The lowest BCUT2D eigenvalue weighted by molar-refractivity contribution is -0.140. The number of hydrogen-bond donors (Lipinski definition) is 1. The summed E-state index contributed by atoms with van der Waals surface area (Å²) in [5.74, 6) is -0.341. The van der Waals surface area contributed by atoms with Gasteiger partial charge in [0.05, 0.1) is 31.9 Å². The first-order valence-corrected chi connectivity index (χ1v) is 12.1. The Labute approximate surface area is 211 Å². The Morgan fingerprint density at radius 1 is 1.11 bits per heavy atom. The lowest BCUT2D eigenvalue weighted by Gasteiger charge is -2.29. The van der Waals surface area contributed by atoms with E-state index in [1.165, 1.54) is 7.11 Å². The van der Waals surface area contributed by atoms with Crippen molar-refractivity contribution in [2.75, 3.05) is 53.1 Å². The van der Waals surface area contributed by atoms with Crippen molar-refractivity contribution in [1.29, 1.82) is 0 Å². The second-order valence-electron chi connectivity index (χ2n) is 8.70. The van der Waals surface area contributed by atoms with Crippen LogP contribution in [0, 0.1) is 0 Å². The fourth-order valence-corrected chi connectivity index (χ4v) is 4.57. The number of nitrogens with zero attached hydrogens (tertiary/aromatic N) is 2. The summed E-state index contributed by atoms with van der Waals surface area (Å²) in [5.41, 5.74) is 1.20. The van der Waals surface area contributed by atoms with Gasteiger partial charge in [-0.25, -0.2) is 0 Å². The zero-order valence-corrected chi connectivity index (χ0v) is 20.5. The van der Waals surface area contributed by atoms with E-state index >= 15 is 0 Å². The average Bonchev–Trinajstić information content (AvgIpc) is 3.17. The third kappa shape index (κ3) is 5.61. The van der Waals surface area contributed by atoms with Crippen LogP contribution in [0.5, 0.6) is 11.5 Å². The molecular weight excluding hydrogens is 460 g/mol. The van der Waals surface area contributed by atoms with Gasteiger partial charge < -0.3 is 24.2 Å². The number of Topliss-reactive ketones (excluding diaryl/α,β-unsaturated/α-hetero) is 1. The summed E-state index contributed by atoms with van der Waals surface area (Å²) in [7, 11) is 1.53. The molecule has 1 atom stereocenters. The van der Waals surface area contributed by atoms with Gasteiger partial charge in [0.1, 0.15) is 23.9 Å². The van der Waals surface area contributed by atoms with Gasteiger partial charge in [-0.2, -0.15) is 0 Å². The highest BCUT2D eigenvalue weighted by Crippen LogP contribution is 2.40. The minimum Gasteiger partial charge on any atom is -0.507 e. The molecule has 0 radical (unpaired) electrons. The Bertz CT molecular complexity index is 1120. The smallest absolute Gasteiger partial charge is 0.295 e. The van der Waals surface area contributed by atoms with Gasteiger partial charge in [0, 0.05) is 31.7 Å². The zero-order valence-electron chi connectivity index (χ0n) is 20.5. The topological polar surface area (TPSA) is 88.5 Å². The van der Waals surface area contributed by atoms with Gasteiger partial charge in [-0.1, -0.05) is 36.9 Å². The molecule has 1 amide bonds. The molecule has 2 aromatic carbocycles. The van der Waals surface area contributed by atoms with Gasteiger partial charge in [-0.3, -0.25) is 14.5 Å². The van der Waals surface area contributed by atoms with Crippen LogP contribution in [0.3, 0.4) is 0 Å². The molecular formula is C28H32N2O6. The van der Waals surface area contributed by atoms with Crippen LogP contribution in [0.25, 0.3) is 5.76 Å². The number of ether oxygens (including phenoxy) is 3. The van der Waals surface area contributed by atoms with Gasteiger partial charge >= 0.3 is 0 Å². The van der Waals surface area contributed by atoms with E-state index < -0.39 is 17.7 Å². The monoisotopic (exact) mass is 492 g/mol. The molecule has 2 fully saturated rings. The fraction of sp³-hybridized carbons (Fsp3) is 0.357. The highest BCUT2D eigenvalue weighted by molar-refractivity contribution is 6.46. The highest BCUT2D eigenvalue weighted by Gasteiger charge is 2.45. The minimum atomic E-state index is -0.714. The molecule has 0 bridgehead atoms. The average molecular weight is 493 g/mol. The van der Waals surface area contributed by atoms with Gasteiger partial charge in [0.25, 0.3) is 11.7 Å². The van der Waals surface area contributed by atoms with E-state index in [2.05, 4.69) is 11.5 Å². The lowest BCUT2D eigenvalue weighted by Crippen LogP contribution is -2.38. The van der Waals surface area contributed by atoms with Gasteiger partial charge in [0.15, 0.2) is 0 Å². The molecule has 2 aliphatic rings.